The van der Waals surface area contributed by atoms with Gasteiger partial charge in [-0.25, -0.2) is 4.39 Å². The molecule has 2 aromatic rings. The molecule has 1 aromatic heterocycles. The third-order valence-electron chi connectivity index (χ3n) is 2.68. The van der Waals surface area contributed by atoms with E-state index in [1.807, 2.05) is 19.1 Å². The lowest BCUT2D eigenvalue weighted by Gasteiger charge is -2.15. The number of aromatic hydroxyl groups is 1. The van der Waals surface area contributed by atoms with Crippen molar-refractivity contribution in [2.45, 2.75) is 19.5 Å². The summed E-state index contributed by atoms with van der Waals surface area (Å²) >= 11 is 0. The minimum absolute atomic E-state index is 0.0471. The van der Waals surface area contributed by atoms with Crippen molar-refractivity contribution in [1.82, 2.24) is 15.5 Å². The number of hydrogen-bond acceptors (Lipinski definition) is 4. The van der Waals surface area contributed by atoms with Crippen molar-refractivity contribution >= 4 is 0 Å². The van der Waals surface area contributed by atoms with E-state index >= 15 is 0 Å². The van der Waals surface area contributed by atoms with Crippen LogP contribution in [0.4, 0.5) is 4.39 Å². The molecule has 1 unspecified atom stereocenters. The predicted octanol–water partition coefficient (Wildman–Crippen LogP) is 2.17. The van der Waals surface area contributed by atoms with Crippen LogP contribution in [0.25, 0.3) is 0 Å². The molecule has 0 radical (unpaired) electrons. The predicted molar refractivity (Wildman–Crippen MR) is 65.4 cm³/mol. The van der Waals surface area contributed by atoms with Crippen molar-refractivity contribution in [2.75, 3.05) is 0 Å². The van der Waals surface area contributed by atoms with Crippen LogP contribution in [0, 0.1) is 5.82 Å². The highest BCUT2D eigenvalue weighted by Gasteiger charge is 2.10. The molecule has 1 atom stereocenters. The minimum Gasteiger partial charge on any atom is -0.508 e. The van der Waals surface area contributed by atoms with Gasteiger partial charge in [0.05, 0.1) is 5.69 Å². The molecule has 1 heterocycles. The standard InChI is InChI=1S/C13H14FN3O/c1-9(12-5-4-10(14)7-13(12)18)15-8-11-3-2-6-16-17-11/h2-7,9,15,18H,8H2,1H3. The van der Waals surface area contributed by atoms with Crippen LogP contribution in [0.15, 0.2) is 36.5 Å². The molecule has 4 nitrogen and oxygen atoms in total. The molecular formula is C13H14FN3O. The molecule has 0 aliphatic heterocycles. The zero-order valence-corrected chi connectivity index (χ0v) is 9.97. The van der Waals surface area contributed by atoms with E-state index in [-0.39, 0.29) is 11.8 Å². The zero-order valence-electron chi connectivity index (χ0n) is 9.97. The fraction of sp³-hybridized carbons (Fsp3) is 0.231. The summed E-state index contributed by atoms with van der Waals surface area (Å²) in [5, 5.41) is 20.6. The number of aromatic nitrogens is 2. The highest BCUT2D eigenvalue weighted by Crippen LogP contribution is 2.24. The lowest BCUT2D eigenvalue weighted by atomic mass is 10.1. The van der Waals surface area contributed by atoms with E-state index in [9.17, 15) is 9.50 Å². The molecule has 2 N–H and O–H groups in total. The van der Waals surface area contributed by atoms with E-state index in [1.54, 1.807) is 12.3 Å². The molecule has 5 heteroatoms. The van der Waals surface area contributed by atoms with Gasteiger partial charge in [-0.05, 0) is 25.1 Å². The topological polar surface area (TPSA) is 58.0 Å². The number of phenols is 1. The Balaban J connectivity index is 2.01. The molecule has 2 rings (SSSR count). The van der Waals surface area contributed by atoms with Gasteiger partial charge in [0, 0.05) is 30.4 Å². The van der Waals surface area contributed by atoms with Gasteiger partial charge in [-0.2, -0.15) is 10.2 Å². The Kier molecular flexibility index (Phi) is 3.84. The normalized spacial score (nSPS) is 12.3. The van der Waals surface area contributed by atoms with Gasteiger partial charge in [-0.1, -0.05) is 6.07 Å². The minimum atomic E-state index is -0.447. The van der Waals surface area contributed by atoms with Gasteiger partial charge in [-0.15, -0.1) is 0 Å². The second-order valence-corrected chi connectivity index (χ2v) is 4.02. The van der Waals surface area contributed by atoms with Crippen LogP contribution >= 0.6 is 0 Å². The van der Waals surface area contributed by atoms with Crippen LogP contribution in [0.1, 0.15) is 24.2 Å². The average Bonchev–Trinajstić information content (AvgIpc) is 2.37. The number of phenolic OH excluding ortho intramolecular Hbond substituents is 1. The maximum atomic E-state index is 12.9. The molecule has 0 aliphatic rings. The number of nitrogens with one attached hydrogen (secondary N) is 1. The van der Waals surface area contributed by atoms with Gasteiger partial charge in [-0.3, -0.25) is 0 Å². The summed E-state index contributed by atoms with van der Waals surface area (Å²) < 4.78 is 12.9. The van der Waals surface area contributed by atoms with E-state index in [0.29, 0.717) is 12.1 Å². The van der Waals surface area contributed by atoms with Gasteiger partial charge in [0.25, 0.3) is 0 Å². The largest absolute Gasteiger partial charge is 0.508 e. The molecule has 0 amide bonds. The second-order valence-electron chi connectivity index (χ2n) is 4.02. The summed E-state index contributed by atoms with van der Waals surface area (Å²) in [6, 6.07) is 7.57. The fourth-order valence-electron chi connectivity index (χ4n) is 1.68. The molecule has 0 saturated heterocycles. The van der Waals surface area contributed by atoms with Gasteiger partial charge in [0.2, 0.25) is 0 Å². The first kappa shape index (κ1) is 12.4. The number of hydrogen-bond donors (Lipinski definition) is 2. The quantitative estimate of drug-likeness (QED) is 0.869. The molecule has 0 aliphatic carbocycles. The van der Waals surface area contributed by atoms with Crippen molar-refractivity contribution in [3.8, 4) is 5.75 Å². The molecule has 18 heavy (non-hydrogen) atoms. The first-order valence-corrected chi connectivity index (χ1v) is 5.65. The van der Waals surface area contributed by atoms with Crippen LogP contribution in [-0.2, 0) is 6.54 Å². The molecule has 94 valence electrons. The van der Waals surface area contributed by atoms with E-state index in [0.717, 1.165) is 11.8 Å². The van der Waals surface area contributed by atoms with Crippen LogP contribution in [-0.4, -0.2) is 15.3 Å². The first-order valence-electron chi connectivity index (χ1n) is 5.65. The highest BCUT2D eigenvalue weighted by molar-refractivity contribution is 5.34. The lowest BCUT2D eigenvalue weighted by molar-refractivity contribution is 0.446. The Labute approximate surface area is 105 Å². The Morgan fingerprint density at radius 1 is 1.39 bits per heavy atom. The number of halogens is 1. The maximum absolute atomic E-state index is 12.9. The molecule has 0 saturated carbocycles. The molecular weight excluding hydrogens is 233 g/mol. The van der Waals surface area contributed by atoms with Crippen LogP contribution in [0.5, 0.6) is 5.75 Å². The van der Waals surface area contributed by atoms with Gasteiger partial charge in [0.15, 0.2) is 0 Å². The Morgan fingerprint density at radius 2 is 2.22 bits per heavy atom. The summed E-state index contributed by atoms with van der Waals surface area (Å²) in [6.45, 7) is 2.43. The van der Waals surface area contributed by atoms with E-state index in [1.165, 1.54) is 6.07 Å². The zero-order chi connectivity index (χ0) is 13.0. The average molecular weight is 247 g/mol. The van der Waals surface area contributed by atoms with Crippen molar-refractivity contribution in [2.24, 2.45) is 0 Å². The smallest absolute Gasteiger partial charge is 0.126 e. The van der Waals surface area contributed by atoms with Crippen LogP contribution in [0.2, 0.25) is 0 Å². The van der Waals surface area contributed by atoms with Crippen molar-refractivity contribution in [1.29, 1.82) is 0 Å². The van der Waals surface area contributed by atoms with Gasteiger partial charge < -0.3 is 10.4 Å². The lowest BCUT2D eigenvalue weighted by Crippen LogP contribution is -2.19. The van der Waals surface area contributed by atoms with Gasteiger partial charge in [0.1, 0.15) is 11.6 Å². The fourth-order valence-corrected chi connectivity index (χ4v) is 1.68. The van der Waals surface area contributed by atoms with Crippen LogP contribution < -0.4 is 5.32 Å². The number of rotatable bonds is 4. The molecule has 0 fully saturated rings. The summed E-state index contributed by atoms with van der Waals surface area (Å²) in [5.74, 6) is -0.494. The van der Waals surface area contributed by atoms with Crippen molar-refractivity contribution in [3.05, 3.63) is 53.6 Å². The van der Waals surface area contributed by atoms with E-state index < -0.39 is 5.82 Å². The van der Waals surface area contributed by atoms with E-state index in [4.69, 9.17) is 0 Å². The first-order chi connectivity index (χ1) is 8.66. The van der Waals surface area contributed by atoms with Crippen LogP contribution in [0.3, 0.4) is 0 Å². The summed E-state index contributed by atoms with van der Waals surface area (Å²) in [5.41, 5.74) is 1.46. The second kappa shape index (κ2) is 5.55. The third kappa shape index (κ3) is 3.01. The number of benzene rings is 1. The third-order valence-corrected chi connectivity index (χ3v) is 2.68. The van der Waals surface area contributed by atoms with Crippen molar-refractivity contribution < 1.29 is 9.50 Å². The summed E-state index contributed by atoms with van der Waals surface area (Å²) in [7, 11) is 0. The Bertz CT molecular complexity index is 519. The summed E-state index contributed by atoms with van der Waals surface area (Å²) in [4.78, 5) is 0. The molecule has 0 spiro atoms. The van der Waals surface area contributed by atoms with E-state index in [2.05, 4.69) is 15.5 Å². The highest BCUT2D eigenvalue weighted by atomic mass is 19.1. The Morgan fingerprint density at radius 3 is 2.89 bits per heavy atom. The Hall–Kier alpha value is -2.01. The molecule has 1 aromatic carbocycles. The van der Waals surface area contributed by atoms with Gasteiger partial charge >= 0.3 is 0 Å². The maximum Gasteiger partial charge on any atom is 0.126 e. The van der Waals surface area contributed by atoms with Crippen molar-refractivity contribution in [3.63, 3.8) is 0 Å². The number of nitrogens with zero attached hydrogens (tertiary/aromatic N) is 2. The summed E-state index contributed by atoms with van der Waals surface area (Å²) in [6.07, 6.45) is 1.61. The SMILES string of the molecule is CC(NCc1cccnn1)c1ccc(F)cc1O. The molecule has 0 bridgehead atoms. The monoisotopic (exact) mass is 247 g/mol.